The molecule has 0 aliphatic heterocycles. The van der Waals surface area contributed by atoms with Gasteiger partial charge in [-0.05, 0) is 17.4 Å². The van der Waals surface area contributed by atoms with Crippen molar-refractivity contribution in [3.05, 3.63) is 35.9 Å². The Bertz CT molecular complexity index is 343. The maximum atomic E-state index is 11.5. The molecule has 1 N–H and O–H groups in total. The summed E-state index contributed by atoms with van der Waals surface area (Å²) in [6.45, 7) is 6.34. The van der Waals surface area contributed by atoms with Gasteiger partial charge in [0.1, 0.15) is 0 Å². The molecule has 16 heavy (non-hydrogen) atoms. The van der Waals surface area contributed by atoms with Gasteiger partial charge in [-0.2, -0.15) is 0 Å². The zero-order valence-electron chi connectivity index (χ0n) is 10.6. The average molecular weight is 219 g/mol. The maximum Gasteiger partial charge on any atom is 0.222 e. The van der Waals surface area contributed by atoms with Crippen LogP contribution in [-0.4, -0.2) is 13.0 Å². The Morgan fingerprint density at radius 3 is 2.38 bits per heavy atom. The largest absolute Gasteiger partial charge is 0.359 e. The van der Waals surface area contributed by atoms with E-state index < -0.39 is 0 Å². The van der Waals surface area contributed by atoms with Gasteiger partial charge in [-0.3, -0.25) is 4.79 Å². The van der Waals surface area contributed by atoms with E-state index >= 15 is 0 Å². The molecule has 1 atom stereocenters. The molecule has 2 nitrogen and oxygen atoms in total. The topological polar surface area (TPSA) is 29.1 Å². The lowest BCUT2D eigenvalue weighted by Gasteiger charge is -2.28. The van der Waals surface area contributed by atoms with Crippen molar-refractivity contribution in [1.29, 1.82) is 0 Å². The highest BCUT2D eigenvalue weighted by atomic mass is 16.1. The number of amides is 1. The second kappa shape index (κ2) is 5.15. The molecule has 1 unspecified atom stereocenters. The van der Waals surface area contributed by atoms with Crippen molar-refractivity contribution in [2.45, 2.75) is 32.6 Å². The van der Waals surface area contributed by atoms with E-state index in [4.69, 9.17) is 0 Å². The van der Waals surface area contributed by atoms with Gasteiger partial charge in [-0.15, -0.1) is 0 Å². The minimum Gasteiger partial charge on any atom is -0.359 e. The Kier molecular flexibility index (Phi) is 4.11. The van der Waals surface area contributed by atoms with E-state index in [0.717, 1.165) is 6.42 Å². The third-order valence-corrected chi connectivity index (χ3v) is 3.07. The first-order valence-corrected chi connectivity index (χ1v) is 5.74. The van der Waals surface area contributed by atoms with Gasteiger partial charge >= 0.3 is 0 Å². The van der Waals surface area contributed by atoms with Crippen molar-refractivity contribution in [1.82, 2.24) is 5.32 Å². The number of rotatable bonds is 4. The van der Waals surface area contributed by atoms with Gasteiger partial charge in [0.2, 0.25) is 5.91 Å². The Balaban J connectivity index is 2.76. The van der Waals surface area contributed by atoms with Crippen LogP contribution in [0.25, 0.3) is 0 Å². The Morgan fingerprint density at radius 2 is 1.88 bits per heavy atom. The summed E-state index contributed by atoms with van der Waals surface area (Å²) < 4.78 is 0. The van der Waals surface area contributed by atoms with Crippen molar-refractivity contribution in [3.8, 4) is 0 Å². The van der Waals surface area contributed by atoms with Gasteiger partial charge in [-0.25, -0.2) is 0 Å². The fraction of sp³-hybridized carbons (Fsp3) is 0.500. The lowest BCUT2D eigenvalue weighted by atomic mass is 9.77. The predicted molar refractivity (Wildman–Crippen MR) is 67.3 cm³/mol. The smallest absolute Gasteiger partial charge is 0.222 e. The van der Waals surface area contributed by atoms with E-state index in [1.807, 2.05) is 25.1 Å². The summed E-state index contributed by atoms with van der Waals surface area (Å²) in [7, 11) is 1.69. The normalized spacial score (nSPS) is 13.2. The molecule has 1 aromatic carbocycles. The number of hydrogen-bond acceptors (Lipinski definition) is 1. The fourth-order valence-corrected chi connectivity index (χ4v) is 2.11. The molecular formula is C14H21NO. The summed E-state index contributed by atoms with van der Waals surface area (Å²) >= 11 is 0. The van der Waals surface area contributed by atoms with Crippen LogP contribution in [-0.2, 0) is 10.2 Å². The van der Waals surface area contributed by atoms with Crippen LogP contribution in [0.4, 0.5) is 0 Å². The zero-order chi connectivity index (χ0) is 12.2. The molecule has 1 amide bonds. The quantitative estimate of drug-likeness (QED) is 0.829. The summed E-state index contributed by atoms with van der Waals surface area (Å²) in [5.74, 6) is 0.157. The molecule has 0 saturated carbocycles. The highest BCUT2D eigenvalue weighted by Gasteiger charge is 2.25. The molecule has 0 heterocycles. The monoisotopic (exact) mass is 219 g/mol. The second-order valence-corrected chi connectivity index (χ2v) is 4.97. The molecule has 88 valence electrons. The number of nitrogens with one attached hydrogen (secondary N) is 1. The van der Waals surface area contributed by atoms with Crippen LogP contribution in [0.2, 0.25) is 0 Å². The Labute approximate surface area is 98.1 Å². The molecule has 0 fully saturated rings. The minimum atomic E-state index is 0.0349. The predicted octanol–water partition coefficient (Wildman–Crippen LogP) is 2.74. The van der Waals surface area contributed by atoms with Crippen LogP contribution < -0.4 is 5.32 Å². The highest BCUT2D eigenvalue weighted by molar-refractivity contribution is 5.78. The van der Waals surface area contributed by atoms with Gasteiger partial charge in [0.25, 0.3) is 0 Å². The van der Waals surface area contributed by atoms with Gasteiger partial charge in [0.05, 0.1) is 0 Å². The minimum absolute atomic E-state index is 0.0349. The van der Waals surface area contributed by atoms with Crippen molar-refractivity contribution in [3.63, 3.8) is 0 Å². The highest BCUT2D eigenvalue weighted by Crippen LogP contribution is 2.30. The van der Waals surface area contributed by atoms with Crippen LogP contribution in [0.5, 0.6) is 0 Å². The van der Waals surface area contributed by atoms with E-state index in [9.17, 15) is 4.79 Å². The van der Waals surface area contributed by atoms with Crippen molar-refractivity contribution < 1.29 is 4.79 Å². The first-order valence-electron chi connectivity index (χ1n) is 5.74. The van der Waals surface area contributed by atoms with E-state index in [1.54, 1.807) is 7.05 Å². The molecule has 0 bridgehead atoms. The van der Waals surface area contributed by atoms with E-state index in [1.165, 1.54) is 5.56 Å². The van der Waals surface area contributed by atoms with Gasteiger partial charge in [0, 0.05) is 13.0 Å². The Morgan fingerprint density at radius 1 is 1.31 bits per heavy atom. The molecule has 0 saturated heterocycles. The number of carbonyl (C=O) groups excluding carboxylic acids is 1. The molecule has 0 aliphatic carbocycles. The summed E-state index contributed by atoms with van der Waals surface area (Å²) in [4.78, 5) is 11.5. The van der Waals surface area contributed by atoms with Crippen LogP contribution >= 0.6 is 0 Å². The molecule has 2 heteroatoms. The van der Waals surface area contributed by atoms with Crippen LogP contribution in [0.3, 0.4) is 0 Å². The SMILES string of the molecule is CNC(=O)C(C)CC(C)(C)c1ccccc1. The number of benzene rings is 1. The first kappa shape index (κ1) is 12.8. The van der Waals surface area contributed by atoms with Crippen LogP contribution in [0.15, 0.2) is 30.3 Å². The molecule has 0 aromatic heterocycles. The van der Waals surface area contributed by atoms with Gasteiger partial charge in [-0.1, -0.05) is 51.1 Å². The van der Waals surface area contributed by atoms with Crippen molar-refractivity contribution >= 4 is 5.91 Å². The lowest BCUT2D eigenvalue weighted by molar-refractivity contribution is -0.124. The van der Waals surface area contributed by atoms with Gasteiger partial charge < -0.3 is 5.32 Å². The van der Waals surface area contributed by atoms with E-state index in [2.05, 4.69) is 31.3 Å². The van der Waals surface area contributed by atoms with E-state index in [0.29, 0.717) is 0 Å². The third kappa shape index (κ3) is 3.09. The second-order valence-electron chi connectivity index (χ2n) is 4.97. The third-order valence-electron chi connectivity index (χ3n) is 3.07. The molecule has 0 radical (unpaired) electrons. The maximum absolute atomic E-state index is 11.5. The summed E-state index contributed by atoms with van der Waals surface area (Å²) in [5.41, 5.74) is 1.32. The molecule has 1 rings (SSSR count). The molecule has 0 aliphatic rings. The van der Waals surface area contributed by atoms with Gasteiger partial charge in [0.15, 0.2) is 0 Å². The molecular weight excluding hydrogens is 198 g/mol. The lowest BCUT2D eigenvalue weighted by Crippen LogP contribution is -2.31. The van der Waals surface area contributed by atoms with Crippen LogP contribution in [0.1, 0.15) is 32.8 Å². The van der Waals surface area contributed by atoms with Crippen molar-refractivity contribution in [2.24, 2.45) is 5.92 Å². The molecule has 1 aromatic rings. The van der Waals surface area contributed by atoms with Crippen LogP contribution in [0, 0.1) is 5.92 Å². The average Bonchev–Trinajstić information content (AvgIpc) is 2.28. The number of hydrogen-bond donors (Lipinski definition) is 1. The summed E-state index contributed by atoms with van der Waals surface area (Å²) in [6.07, 6.45) is 0.858. The fourth-order valence-electron chi connectivity index (χ4n) is 2.11. The number of carbonyl (C=O) groups is 1. The Hall–Kier alpha value is -1.31. The summed E-state index contributed by atoms with van der Waals surface area (Å²) in [6, 6.07) is 10.3. The van der Waals surface area contributed by atoms with E-state index in [-0.39, 0.29) is 17.2 Å². The summed E-state index contributed by atoms with van der Waals surface area (Å²) in [5, 5.41) is 2.70. The first-order chi connectivity index (χ1) is 7.47. The zero-order valence-corrected chi connectivity index (χ0v) is 10.6. The van der Waals surface area contributed by atoms with Crippen molar-refractivity contribution in [2.75, 3.05) is 7.05 Å². The standard InChI is InChI=1S/C14H21NO/c1-11(13(16)15-4)10-14(2,3)12-8-6-5-7-9-12/h5-9,11H,10H2,1-4H3,(H,15,16). The molecule has 0 spiro atoms.